The average molecular weight is 271 g/mol. The predicted octanol–water partition coefficient (Wildman–Crippen LogP) is 3.07. The maximum absolute atomic E-state index is 12.8. The van der Waals surface area contributed by atoms with E-state index in [1.807, 2.05) is 48.2 Å². The molecule has 0 unspecified atom stereocenters. The molecule has 0 spiro atoms. The van der Waals surface area contributed by atoms with Crippen molar-refractivity contribution in [3.63, 3.8) is 0 Å². The van der Waals surface area contributed by atoms with Crippen LogP contribution in [0.3, 0.4) is 0 Å². The van der Waals surface area contributed by atoms with Crippen LogP contribution in [0.4, 0.5) is 0 Å². The Morgan fingerprint density at radius 2 is 2.15 bits per heavy atom. The standard InChI is InChI=1S/C17H21NO2/c1-3-7-13-10-11-15-12-20-17(2,18(15)16(13)19)14-8-5-4-6-9-14/h3-6,8-9,13,15H,1,7,10-12H2,2H3/t13-,15+,17+/m1/s1. The third-order valence-corrected chi connectivity index (χ3v) is 4.58. The molecule has 3 heteroatoms. The van der Waals surface area contributed by atoms with Crippen molar-refractivity contribution in [3.8, 4) is 0 Å². The van der Waals surface area contributed by atoms with Gasteiger partial charge in [0.25, 0.3) is 0 Å². The van der Waals surface area contributed by atoms with Crippen molar-refractivity contribution in [2.24, 2.45) is 5.92 Å². The number of hydrogen-bond donors (Lipinski definition) is 0. The molecule has 0 bridgehead atoms. The minimum absolute atomic E-state index is 0.0634. The van der Waals surface area contributed by atoms with E-state index < -0.39 is 5.72 Å². The summed E-state index contributed by atoms with van der Waals surface area (Å²) in [7, 11) is 0. The van der Waals surface area contributed by atoms with Gasteiger partial charge in [-0.05, 0) is 26.2 Å². The summed E-state index contributed by atoms with van der Waals surface area (Å²) in [6.45, 7) is 6.41. The van der Waals surface area contributed by atoms with E-state index in [9.17, 15) is 4.79 Å². The molecule has 1 aromatic carbocycles. The molecular weight excluding hydrogens is 250 g/mol. The molecule has 2 saturated heterocycles. The number of carbonyl (C=O) groups is 1. The fraction of sp³-hybridized carbons (Fsp3) is 0.471. The van der Waals surface area contributed by atoms with Gasteiger partial charge in [-0.3, -0.25) is 4.79 Å². The lowest BCUT2D eigenvalue weighted by Crippen LogP contribution is -2.52. The van der Waals surface area contributed by atoms with Crippen molar-refractivity contribution in [2.75, 3.05) is 6.61 Å². The molecule has 2 aliphatic rings. The Morgan fingerprint density at radius 1 is 1.40 bits per heavy atom. The van der Waals surface area contributed by atoms with Crippen LogP contribution in [0, 0.1) is 5.92 Å². The van der Waals surface area contributed by atoms with Crippen LogP contribution in [0.25, 0.3) is 0 Å². The van der Waals surface area contributed by atoms with Crippen molar-refractivity contribution in [3.05, 3.63) is 48.6 Å². The largest absolute Gasteiger partial charge is 0.349 e. The van der Waals surface area contributed by atoms with Crippen LogP contribution in [0.2, 0.25) is 0 Å². The molecule has 106 valence electrons. The van der Waals surface area contributed by atoms with Crippen LogP contribution in [0.15, 0.2) is 43.0 Å². The normalized spacial score (nSPS) is 33.0. The van der Waals surface area contributed by atoms with Crippen molar-refractivity contribution >= 4 is 5.91 Å². The Bertz CT molecular complexity index is 513. The SMILES string of the molecule is C=CC[C@@H]1CC[C@H]2CO[C@@](C)(c3ccccc3)N2C1=O. The minimum Gasteiger partial charge on any atom is -0.349 e. The highest BCUT2D eigenvalue weighted by Gasteiger charge is 2.51. The Morgan fingerprint density at radius 3 is 2.85 bits per heavy atom. The summed E-state index contributed by atoms with van der Waals surface area (Å²) in [5.74, 6) is 0.276. The van der Waals surface area contributed by atoms with E-state index in [0.29, 0.717) is 6.61 Å². The third-order valence-electron chi connectivity index (χ3n) is 4.58. The van der Waals surface area contributed by atoms with Crippen LogP contribution in [-0.4, -0.2) is 23.5 Å². The van der Waals surface area contributed by atoms with Crippen LogP contribution in [0.5, 0.6) is 0 Å². The monoisotopic (exact) mass is 271 g/mol. The molecule has 2 fully saturated rings. The molecule has 2 heterocycles. The zero-order chi connectivity index (χ0) is 14.2. The van der Waals surface area contributed by atoms with Crippen LogP contribution >= 0.6 is 0 Å². The molecular formula is C17H21NO2. The Hall–Kier alpha value is -1.61. The van der Waals surface area contributed by atoms with Gasteiger partial charge in [-0.15, -0.1) is 6.58 Å². The molecule has 0 N–H and O–H groups in total. The Balaban J connectivity index is 1.94. The van der Waals surface area contributed by atoms with E-state index in [1.165, 1.54) is 0 Å². The maximum atomic E-state index is 12.8. The number of allylic oxidation sites excluding steroid dienone is 1. The van der Waals surface area contributed by atoms with Crippen molar-refractivity contribution in [2.45, 2.75) is 38.0 Å². The lowest BCUT2D eigenvalue weighted by molar-refractivity contribution is -0.158. The van der Waals surface area contributed by atoms with Gasteiger partial charge in [0.1, 0.15) is 0 Å². The second kappa shape index (κ2) is 5.06. The average Bonchev–Trinajstić information content (AvgIpc) is 2.83. The minimum atomic E-state index is -0.622. The first-order valence-corrected chi connectivity index (χ1v) is 7.30. The van der Waals surface area contributed by atoms with Crippen LogP contribution < -0.4 is 0 Å². The summed E-state index contributed by atoms with van der Waals surface area (Å²) < 4.78 is 6.05. The molecule has 0 radical (unpaired) electrons. The van der Waals surface area contributed by atoms with Gasteiger partial charge in [-0.25, -0.2) is 0 Å². The van der Waals surface area contributed by atoms with Gasteiger partial charge in [-0.2, -0.15) is 0 Å². The van der Waals surface area contributed by atoms with Crippen LogP contribution in [-0.2, 0) is 15.3 Å². The fourth-order valence-corrected chi connectivity index (χ4v) is 3.46. The topological polar surface area (TPSA) is 29.5 Å². The quantitative estimate of drug-likeness (QED) is 0.791. The van der Waals surface area contributed by atoms with Crippen molar-refractivity contribution in [1.82, 2.24) is 4.90 Å². The summed E-state index contributed by atoms with van der Waals surface area (Å²) in [5, 5.41) is 0. The summed E-state index contributed by atoms with van der Waals surface area (Å²) in [4.78, 5) is 14.8. The summed E-state index contributed by atoms with van der Waals surface area (Å²) in [6.07, 6.45) is 4.57. The lowest BCUT2D eigenvalue weighted by atomic mass is 9.88. The van der Waals surface area contributed by atoms with E-state index in [1.54, 1.807) is 0 Å². The molecule has 20 heavy (non-hydrogen) atoms. The van der Waals surface area contributed by atoms with E-state index >= 15 is 0 Å². The third kappa shape index (κ3) is 1.97. The number of carbonyl (C=O) groups excluding carboxylic acids is 1. The number of hydrogen-bond acceptors (Lipinski definition) is 2. The molecule has 2 aliphatic heterocycles. The van der Waals surface area contributed by atoms with E-state index in [0.717, 1.165) is 24.8 Å². The zero-order valence-corrected chi connectivity index (χ0v) is 11.9. The predicted molar refractivity (Wildman–Crippen MR) is 77.9 cm³/mol. The number of fused-ring (bicyclic) bond motifs is 1. The number of ether oxygens (including phenoxy) is 1. The van der Waals surface area contributed by atoms with Crippen molar-refractivity contribution in [1.29, 1.82) is 0 Å². The summed E-state index contributed by atoms with van der Waals surface area (Å²) in [5.41, 5.74) is 0.429. The van der Waals surface area contributed by atoms with E-state index in [-0.39, 0.29) is 17.9 Å². The zero-order valence-electron chi connectivity index (χ0n) is 11.9. The van der Waals surface area contributed by atoms with Gasteiger partial charge in [-0.1, -0.05) is 36.4 Å². The van der Waals surface area contributed by atoms with Crippen molar-refractivity contribution < 1.29 is 9.53 Å². The number of rotatable bonds is 3. The summed E-state index contributed by atoms with van der Waals surface area (Å²) in [6, 6.07) is 10.3. The van der Waals surface area contributed by atoms with Gasteiger partial charge in [0.2, 0.25) is 5.91 Å². The highest BCUT2D eigenvalue weighted by atomic mass is 16.5. The van der Waals surface area contributed by atoms with Gasteiger partial charge in [0.05, 0.1) is 12.6 Å². The maximum Gasteiger partial charge on any atom is 0.228 e. The number of amides is 1. The fourth-order valence-electron chi connectivity index (χ4n) is 3.46. The smallest absolute Gasteiger partial charge is 0.228 e. The lowest BCUT2D eigenvalue weighted by Gasteiger charge is -2.42. The molecule has 0 saturated carbocycles. The van der Waals surface area contributed by atoms with E-state index in [4.69, 9.17) is 4.74 Å². The molecule has 3 rings (SSSR count). The van der Waals surface area contributed by atoms with Gasteiger partial charge in [0.15, 0.2) is 5.72 Å². The molecule has 1 amide bonds. The Labute approximate surface area is 120 Å². The molecule has 3 atom stereocenters. The molecule has 0 aromatic heterocycles. The number of piperidine rings is 1. The number of nitrogens with zero attached hydrogens (tertiary/aromatic N) is 1. The van der Waals surface area contributed by atoms with Crippen LogP contribution in [0.1, 0.15) is 31.7 Å². The molecule has 1 aromatic rings. The summed E-state index contributed by atoms with van der Waals surface area (Å²) >= 11 is 0. The Kier molecular flexibility index (Phi) is 3.38. The highest BCUT2D eigenvalue weighted by Crippen LogP contribution is 2.43. The van der Waals surface area contributed by atoms with Gasteiger partial charge in [0, 0.05) is 11.5 Å². The second-order valence-electron chi connectivity index (χ2n) is 5.82. The van der Waals surface area contributed by atoms with Gasteiger partial charge >= 0.3 is 0 Å². The van der Waals surface area contributed by atoms with Gasteiger partial charge < -0.3 is 9.64 Å². The van der Waals surface area contributed by atoms with E-state index in [2.05, 4.69) is 6.58 Å². The first kappa shape index (κ1) is 13.4. The molecule has 0 aliphatic carbocycles. The highest BCUT2D eigenvalue weighted by molar-refractivity contribution is 5.81. The second-order valence-corrected chi connectivity index (χ2v) is 5.82. The first-order valence-electron chi connectivity index (χ1n) is 7.30. The first-order chi connectivity index (χ1) is 9.66. The molecule has 3 nitrogen and oxygen atoms in total. The number of benzene rings is 1.